The third kappa shape index (κ3) is 4.55. The molecule has 0 bridgehead atoms. The van der Waals surface area contributed by atoms with E-state index in [1.807, 2.05) is 24.3 Å². The van der Waals surface area contributed by atoms with Gasteiger partial charge in [-0.15, -0.1) is 0 Å². The molecule has 0 spiro atoms. The van der Waals surface area contributed by atoms with Crippen molar-refractivity contribution in [3.63, 3.8) is 0 Å². The lowest BCUT2D eigenvalue weighted by molar-refractivity contribution is 0.135. The molecule has 0 heterocycles. The number of benzene rings is 1. The Morgan fingerprint density at radius 2 is 1.77 bits per heavy atom. The average molecular weight is 296 g/mol. The van der Waals surface area contributed by atoms with Gasteiger partial charge in [0, 0.05) is 9.99 Å². The molecule has 0 radical (unpaired) electrons. The molecule has 0 amide bonds. The van der Waals surface area contributed by atoms with Crippen LogP contribution in [-0.4, -0.2) is 6.43 Å². The van der Waals surface area contributed by atoms with Crippen LogP contribution in [0.5, 0.6) is 0 Å². The average Bonchev–Trinajstić information content (AvgIpc) is 2.08. The molecular formula is C10H11F2I. The lowest BCUT2D eigenvalue weighted by Crippen LogP contribution is -1.92. The first-order chi connectivity index (χ1) is 6.18. The van der Waals surface area contributed by atoms with E-state index < -0.39 is 6.43 Å². The van der Waals surface area contributed by atoms with Gasteiger partial charge in [-0.05, 0) is 53.1 Å². The zero-order valence-corrected chi connectivity index (χ0v) is 9.30. The third-order valence-corrected chi connectivity index (χ3v) is 2.52. The second-order valence-corrected chi connectivity index (χ2v) is 4.16. The van der Waals surface area contributed by atoms with Gasteiger partial charge < -0.3 is 0 Å². The van der Waals surface area contributed by atoms with E-state index in [4.69, 9.17) is 0 Å². The molecule has 0 fully saturated rings. The van der Waals surface area contributed by atoms with Gasteiger partial charge in [0.05, 0.1) is 0 Å². The second kappa shape index (κ2) is 5.52. The van der Waals surface area contributed by atoms with Crippen molar-refractivity contribution in [2.75, 3.05) is 0 Å². The van der Waals surface area contributed by atoms with Crippen LogP contribution in [0.15, 0.2) is 24.3 Å². The standard InChI is InChI=1S/C10H11F2I/c11-10(12)3-1-2-8-4-6-9(13)7-5-8/h4-7,10H,1-3H2. The quantitative estimate of drug-likeness (QED) is 0.740. The zero-order chi connectivity index (χ0) is 9.68. The van der Waals surface area contributed by atoms with Crippen LogP contribution in [0.3, 0.4) is 0 Å². The van der Waals surface area contributed by atoms with E-state index in [-0.39, 0.29) is 6.42 Å². The Morgan fingerprint density at radius 1 is 1.15 bits per heavy atom. The normalized spacial score (nSPS) is 10.8. The highest BCUT2D eigenvalue weighted by Gasteiger charge is 2.01. The number of rotatable bonds is 4. The topological polar surface area (TPSA) is 0 Å². The minimum absolute atomic E-state index is 0.00594. The number of hydrogen-bond acceptors (Lipinski definition) is 0. The van der Waals surface area contributed by atoms with Gasteiger partial charge in [0.15, 0.2) is 0 Å². The van der Waals surface area contributed by atoms with Crippen LogP contribution in [0.2, 0.25) is 0 Å². The molecule has 3 heteroatoms. The number of halogens is 3. The lowest BCUT2D eigenvalue weighted by atomic mass is 10.1. The zero-order valence-electron chi connectivity index (χ0n) is 7.14. The fourth-order valence-electron chi connectivity index (χ4n) is 1.11. The molecule has 0 N–H and O–H groups in total. The monoisotopic (exact) mass is 296 g/mol. The van der Waals surface area contributed by atoms with Gasteiger partial charge in [-0.2, -0.15) is 0 Å². The smallest absolute Gasteiger partial charge is 0.211 e. The molecule has 0 saturated carbocycles. The van der Waals surface area contributed by atoms with Crippen molar-refractivity contribution in [2.45, 2.75) is 25.7 Å². The highest BCUT2D eigenvalue weighted by atomic mass is 127. The molecule has 1 rings (SSSR count). The molecule has 0 aliphatic carbocycles. The van der Waals surface area contributed by atoms with Crippen molar-refractivity contribution >= 4 is 22.6 Å². The first-order valence-electron chi connectivity index (χ1n) is 4.21. The molecule has 0 nitrogen and oxygen atoms in total. The molecular weight excluding hydrogens is 285 g/mol. The van der Waals surface area contributed by atoms with Crippen molar-refractivity contribution in [3.8, 4) is 0 Å². The Balaban J connectivity index is 2.33. The van der Waals surface area contributed by atoms with Crippen molar-refractivity contribution in [1.29, 1.82) is 0 Å². The Kier molecular flexibility index (Phi) is 4.62. The summed E-state index contributed by atoms with van der Waals surface area (Å²) < 4.78 is 24.8. The van der Waals surface area contributed by atoms with Crippen molar-refractivity contribution in [1.82, 2.24) is 0 Å². The van der Waals surface area contributed by atoms with Crippen LogP contribution in [-0.2, 0) is 6.42 Å². The van der Waals surface area contributed by atoms with E-state index in [2.05, 4.69) is 22.6 Å². The van der Waals surface area contributed by atoms with Gasteiger partial charge in [0.2, 0.25) is 6.43 Å². The van der Waals surface area contributed by atoms with E-state index in [9.17, 15) is 8.78 Å². The number of aryl methyl sites for hydroxylation is 1. The minimum atomic E-state index is -2.16. The molecule has 13 heavy (non-hydrogen) atoms. The maximum atomic E-state index is 11.8. The van der Waals surface area contributed by atoms with Crippen LogP contribution in [0.1, 0.15) is 18.4 Å². The fourth-order valence-corrected chi connectivity index (χ4v) is 1.47. The molecule has 1 aromatic carbocycles. The minimum Gasteiger partial charge on any atom is -0.211 e. The SMILES string of the molecule is FC(F)CCCc1ccc(I)cc1. The van der Waals surface area contributed by atoms with E-state index >= 15 is 0 Å². The summed E-state index contributed by atoms with van der Waals surface area (Å²) in [6.07, 6.45) is -0.838. The van der Waals surface area contributed by atoms with Crippen molar-refractivity contribution < 1.29 is 8.78 Å². The van der Waals surface area contributed by atoms with Gasteiger partial charge in [-0.1, -0.05) is 12.1 Å². The Bertz CT molecular complexity index is 244. The van der Waals surface area contributed by atoms with E-state index in [0.29, 0.717) is 6.42 Å². The third-order valence-electron chi connectivity index (χ3n) is 1.80. The van der Waals surface area contributed by atoms with Crippen molar-refractivity contribution in [2.24, 2.45) is 0 Å². The summed E-state index contributed by atoms with van der Waals surface area (Å²) in [6, 6.07) is 7.98. The number of hydrogen-bond donors (Lipinski definition) is 0. The molecule has 72 valence electrons. The van der Waals surface area contributed by atoms with Gasteiger partial charge in [-0.25, -0.2) is 8.78 Å². The van der Waals surface area contributed by atoms with E-state index in [0.717, 1.165) is 12.0 Å². The molecule has 0 aliphatic rings. The summed E-state index contributed by atoms with van der Waals surface area (Å²) >= 11 is 2.22. The predicted molar refractivity (Wildman–Crippen MR) is 58.1 cm³/mol. The van der Waals surface area contributed by atoms with Gasteiger partial charge >= 0.3 is 0 Å². The van der Waals surface area contributed by atoms with Crippen LogP contribution < -0.4 is 0 Å². The summed E-state index contributed by atoms with van der Waals surface area (Å²) in [7, 11) is 0. The maximum absolute atomic E-state index is 11.8. The van der Waals surface area contributed by atoms with Crippen LogP contribution in [0.25, 0.3) is 0 Å². The Hall–Kier alpha value is -0.190. The molecule has 1 aromatic rings. The van der Waals surface area contributed by atoms with Crippen molar-refractivity contribution in [3.05, 3.63) is 33.4 Å². The highest BCUT2D eigenvalue weighted by Crippen LogP contribution is 2.11. The second-order valence-electron chi connectivity index (χ2n) is 2.91. The maximum Gasteiger partial charge on any atom is 0.238 e. The summed E-state index contributed by atoms with van der Waals surface area (Å²) in [4.78, 5) is 0. The predicted octanol–water partition coefficient (Wildman–Crippen LogP) is 3.88. The summed E-state index contributed by atoms with van der Waals surface area (Å²) in [5.74, 6) is 0. The molecule has 0 saturated heterocycles. The van der Waals surface area contributed by atoms with Gasteiger partial charge in [0.25, 0.3) is 0 Å². The van der Waals surface area contributed by atoms with E-state index in [1.165, 1.54) is 3.57 Å². The highest BCUT2D eigenvalue weighted by molar-refractivity contribution is 14.1. The molecule has 0 aliphatic heterocycles. The van der Waals surface area contributed by atoms with Crippen LogP contribution >= 0.6 is 22.6 Å². The largest absolute Gasteiger partial charge is 0.238 e. The summed E-state index contributed by atoms with van der Waals surface area (Å²) in [5, 5.41) is 0. The first-order valence-corrected chi connectivity index (χ1v) is 5.29. The molecule has 0 atom stereocenters. The van der Waals surface area contributed by atoms with Crippen LogP contribution in [0, 0.1) is 3.57 Å². The lowest BCUT2D eigenvalue weighted by Gasteiger charge is -2.00. The summed E-state index contributed by atoms with van der Waals surface area (Å²) in [6.45, 7) is 0. The molecule has 0 aromatic heterocycles. The Labute approximate surface area is 90.5 Å². The fraction of sp³-hybridized carbons (Fsp3) is 0.400. The van der Waals surface area contributed by atoms with Crippen LogP contribution in [0.4, 0.5) is 8.78 Å². The summed E-state index contributed by atoms with van der Waals surface area (Å²) in [5.41, 5.74) is 1.14. The molecule has 0 unspecified atom stereocenters. The van der Waals surface area contributed by atoms with Gasteiger partial charge in [-0.3, -0.25) is 0 Å². The Morgan fingerprint density at radius 3 is 2.31 bits per heavy atom. The van der Waals surface area contributed by atoms with Gasteiger partial charge in [0.1, 0.15) is 0 Å². The van der Waals surface area contributed by atoms with E-state index in [1.54, 1.807) is 0 Å². The number of alkyl halides is 2. The first kappa shape index (κ1) is 10.9.